The molecule has 1 heterocycles. The van der Waals surface area contributed by atoms with Gasteiger partial charge in [0.25, 0.3) is 0 Å². The molecule has 1 atom stereocenters. The van der Waals surface area contributed by atoms with Gasteiger partial charge in [0.2, 0.25) is 0 Å². The lowest BCUT2D eigenvalue weighted by Gasteiger charge is -2.19. The molecule has 1 fully saturated rings. The Hall–Kier alpha value is -1.15. The number of hydrogen-bond donors (Lipinski definition) is 0. The Bertz CT molecular complexity index is 310. The van der Waals surface area contributed by atoms with Gasteiger partial charge in [-0.15, -0.1) is 0 Å². The molecule has 2 nitrogen and oxygen atoms in total. The van der Waals surface area contributed by atoms with Gasteiger partial charge >= 0.3 is 0 Å². The molecule has 0 spiro atoms. The van der Waals surface area contributed by atoms with E-state index in [1.165, 1.54) is 5.56 Å². The summed E-state index contributed by atoms with van der Waals surface area (Å²) in [6, 6.07) is 10.6. The number of nitrogens with zero attached hydrogens (tertiary/aromatic N) is 1. The maximum absolute atomic E-state index is 10.8. The van der Waals surface area contributed by atoms with Crippen molar-refractivity contribution in [3.05, 3.63) is 35.9 Å². The van der Waals surface area contributed by atoms with Gasteiger partial charge in [-0.05, 0) is 31.4 Å². The largest absolute Gasteiger partial charge is 0.302 e. The van der Waals surface area contributed by atoms with Gasteiger partial charge in [0.05, 0.1) is 6.04 Å². The predicted molar refractivity (Wildman–Crippen MR) is 60.8 cm³/mol. The summed E-state index contributed by atoms with van der Waals surface area (Å²) in [6.07, 6.45) is 4.35. The first-order valence-electron chi connectivity index (χ1n) is 5.63. The molecular weight excluding hydrogens is 186 g/mol. The maximum Gasteiger partial charge on any atom is 0.137 e. The summed E-state index contributed by atoms with van der Waals surface area (Å²) >= 11 is 0. The van der Waals surface area contributed by atoms with Crippen LogP contribution in [0.2, 0.25) is 0 Å². The van der Waals surface area contributed by atoms with Crippen LogP contribution in [0.15, 0.2) is 30.3 Å². The van der Waals surface area contributed by atoms with Gasteiger partial charge in [0.1, 0.15) is 6.29 Å². The fourth-order valence-electron chi connectivity index (χ4n) is 2.20. The van der Waals surface area contributed by atoms with E-state index in [4.69, 9.17) is 0 Å². The zero-order chi connectivity index (χ0) is 10.5. The lowest BCUT2D eigenvalue weighted by molar-refractivity contribution is -0.111. The summed E-state index contributed by atoms with van der Waals surface area (Å²) < 4.78 is 0. The second-order valence-corrected chi connectivity index (χ2v) is 4.12. The minimum atomic E-state index is 0.175. The van der Waals surface area contributed by atoms with E-state index in [1.807, 2.05) is 6.07 Å². The van der Waals surface area contributed by atoms with Crippen molar-refractivity contribution in [2.45, 2.75) is 25.3 Å². The highest BCUT2D eigenvalue weighted by Crippen LogP contribution is 2.15. The molecule has 0 aliphatic carbocycles. The topological polar surface area (TPSA) is 20.3 Å². The van der Waals surface area contributed by atoms with E-state index < -0.39 is 0 Å². The Morgan fingerprint density at radius 2 is 2.13 bits per heavy atom. The molecule has 0 radical (unpaired) electrons. The zero-order valence-electron chi connectivity index (χ0n) is 8.93. The quantitative estimate of drug-likeness (QED) is 0.696. The molecule has 2 heteroatoms. The van der Waals surface area contributed by atoms with Crippen molar-refractivity contribution in [2.24, 2.45) is 0 Å². The molecule has 0 amide bonds. The van der Waals surface area contributed by atoms with Crippen molar-refractivity contribution < 1.29 is 4.79 Å². The third-order valence-electron chi connectivity index (χ3n) is 3.10. The summed E-state index contributed by atoms with van der Waals surface area (Å²) in [5.74, 6) is 0. The van der Waals surface area contributed by atoms with E-state index in [-0.39, 0.29) is 6.04 Å². The van der Waals surface area contributed by atoms with Crippen molar-refractivity contribution in [2.75, 3.05) is 13.1 Å². The van der Waals surface area contributed by atoms with Crippen LogP contribution in [0.4, 0.5) is 0 Å². The van der Waals surface area contributed by atoms with E-state index in [2.05, 4.69) is 29.2 Å². The molecule has 1 aliphatic heterocycles. The van der Waals surface area contributed by atoms with Crippen LogP contribution in [-0.2, 0) is 11.2 Å². The molecule has 0 bridgehead atoms. The first-order valence-corrected chi connectivity index (χ1v) is 5.63. The molecule has 0 unspecified atom stereocenters. The van der Waals surface area contributed by atoms with Crippen molar-refractivity contribution in [3.8, 4) is 0 Å². The normalized spacial score (nSPS) is 21.7. The Morgan fingerprint density at radius 1 is 1.33 bits per heavy atom. The van der Waals surface area contributed by atoms with E-state index in [0.29, 0.717) is 0 Å². The van der Waals surface area contributed by atoms with Crippen molar-refractivity contribution >= 4 is 6.29 Å². The summed E-state index contributed by atoms with van der Waals surface area (Å²) in [5, 5.41) is 0. The minimum Gasteiger partial charge on any atom is -0.302 e. The Labute approximate surface area is 90.9 Å². The van der Waals surface area contributed by atoms with E-state index >= 15 is 0 Å². The Morgan fingerprint density at radius 3 is 2.87 bits per heavy atom. The summed E-state index contributed by atoms with van der Waals surface area (Å²) in [4.78, 5) is 13.1. The third kappa shape index (κ3) is 2.66. The molecule has 0 saturated carbocycles. The van der Waals surface area contributed by atoms with Crippen LogP contribution in [0.5, 0.6) is 0 Å². The fraction of sp³-hybridized carbons (Fsp3) is 0.462. The Balaban J connectivity index is 1.85. The van der Waals surface area contributed by atoms with Gasteiger partial charge in [-0.2, -0.15) is 0 Å². The summed E-state index contributed by atoms with van der Waals surface area (Å²) in [7, 11) is 0. The van der Waals surface area contributed by atoms with Gasteiger partial charge in [-0.25, -0.2) is 0 Å². The highest BCUT2D eigenvalue weighted by Gasteiger charge is 2.22. The lowest BCUT2D eigenvalue weighted by Crippen LogP contribution is -2.32. The van der Waals surface area contributed by atoms with Crippen LogP contribution in [0.1, 0.15) is 18.4 Å². The molecule has 0 aromatic heterocycles. The summed E-state index contributed by atoms with van der Waals surface area (Å²) in [6.45, 7) is 2.09. The second-order valence-electron chi connectivity index (χ2n) is 4.12. The van der Waals surface area contributed by atoms with Crippen molar-refractivity contribution in [3.63, 3.8) is 0 Å². The van der Waals surface area contributed by atoms with Crippen LogP contribution in [0.25, 0.3) is 0 Å². The van der Waals surface area contributed by atoms with Gasteiger partial charge < -0.3 is 4.79 Å². The highest BCUT2D eigenvalue weighted by molar-refractivity contribution is 5.58. The fourth-order valence-corrected chi connectivity index (χ4v) is 2.20. The number of carbonyl (C=O) groups excluding carboxylic acids is 1. The van der Waals surface area contributed by atoms with Gasteiger partial charge in [-0.1, -0.05) is 30.3 Å². The molecule has 2 rings (SSSR count). The number of benzene rings is 1. The molecule has 1 aromatic carbocycles. The first kappa shape index (κ1) is 10.4. The minimum absolute atomic E-state index is 0.175. The second kappa shape index (κ2) is 5.08. The number of aldehydes is 1. The van der Waals surface area contributed by atoms with Gasteiger partial charge in [0, 0.05) is 6.54 Å². The first-order chi connectivity index (χ1) is 7.40. The van der Waals surface area contributed by atoms with Gasteiger partial charge in [0.15, 0.2) is 0 Å². The van der Waals surface area contributed by atoms with Crippen LogP contribution < -0.4 is 0 Å². The number of likely N-dealkylation sites (tertiary alicyclic amines) is 1. The molecule has 15 heavy (non-hydrogen) atoms. The number of rotatable bonds is 4. The van der Waals surface area contributed by atoms with E-state index in [9.17, 15) is 4.79 Å². The molecule has 1 aromatic rings. The average molecular weight is 203 g/mol. The van der Waals surface area contributed by atoms with Crippen molar-refractivity contribution in [1.29, 1.82) is 0 Å². The van der Waals surface area contributed by atoms with Crippen LogP contribution >= 0.6 is 0 Å². The zero-order valence-corrected chi connectivity index (χ0v) is 8.93. The smallest absolute Gasteiger partial charge is 0.137 e. The molecule has 1 aliphatic rings. The predicted octanol–water partition coefficient (Wildman–Crippen LogP) is 1.89. The number of hydrogen-bond acceptors (Lipinski definition) is 2. The number of carbonyl (C=O) groups is 1. The van der Waals surface area contributed by atoms with Crippen molar-refractivity contribution in [1.82, 2.24) is 4.90 Å². The average Bonchev–Trinajstić information content (AvgIpc) is 2.75. The molecule has 80 valence electrons. The maximum atomic E-state index is 10.8. The highest BCUT2D eigenvalue weighted by atomic mass is 16.1. The SMILES string of the molecule is O=C[C@@H]1CCCN1CCc1ccccc1. The van der Waals surface area contributed by atoms with E-state index in [0.717, 1.165) is 38.6 Å². The standard InChI is InChI=1S/C13H17NO/c15-11-13-7-4-9-14(13)10-8-12-5-2-1-3-6-12/h1-3,5-6,11,13H,4,7-10H2/t13-/m0/s1. The van der Waals surface area contributed by atoms with Crippen LogP contribution in [-0.4, -0.2) is 30.3 Å². The van der Waals surface area contributed by atoms with Gasteiger partial charge in [-0.3, -0.25) is 4.90 Å². The molecule has 1 saturated heterocycles. The molecular formula is C13H17NO. The van der Waals surface area contributed by atoms with Crippen LogP contribution in [0, 0.1) is 0 Å². The molecule has 0 N–H and O–H groups in total. The summed E-state index contributed by atoms with van der Waals surface area (Å²) in [5.41, 5.74) is 1.36. The van der Waals surface area contributed by atoms with Crippen LogP contribution in [0.3, 0.4) is 0 Å². The third-order valence-corrected chi connectivity index (χ3v) is 3.10. The monoisotopic (exact) mass is 203 g/mol. The lowest BCUT2D eigenvalue weighted by atomic mass is 10.1. The van der Waals surface area contributed by atoms with E-state index in [1.54, 1.807) is 0 Å². The Kier molecular flexibility index (Phi) is 3.51.